The number of aromatic nitrogens is 1. The zero-order valence-corrected chi connectivity index (χ0v) is 16.1. The smallest absolute Gasteiger partial charge is 0.0543 e. The third-order valence-corrected chi connectivity index (χ3v) is 8.99. The number of aliphatic hydroxyl groups excluding tert-OH is 1. The molecule has 26 heavy (non-hydrogen) atoms. The molecule has 3 saturated carbocycles. The maximum atomic E-state index is 10.2. The van der Waals surface area contributed by atoms with Crippen molar-refractivity contribution in [3.63, 3.8) is 0 Å². The summed E-state index contributed by atoms with van der Waals surface area (Å²) < 4.78 is 0. The molecule has 0 spiro atoms. The van der Waals surface area contributed by atoms with Gasteiger partial charge >= 0.3 is 0 Å². The van der Waals surface area contributed by atoms with Crippen molar-refractivity contribution in [1.29, 1.82) is 0 Å². The average molecular weight is 352 g/mol. The Bertz CT molecular complexity index is 685. The fourth-order valence-corrected chi connectivity index (χ4v) is 7.71. The molecule has 2 heteroatoms. The van der Waals surface area contributed by atoms with E-state index in [0.717, 1.165) is 36.5 Å². The van der Waals surface area contributed by atoms with Gasteiger partial charge in [0.05, 0.1) is 6.10 Å². The molecule has 1 aromatic heterocycles. The van der Waals surface area contributed by atoms with Gasteiger partial charge in [-0.2, -0.15) is 0 Å². The molecule has 0 bridgehead atoms. The first-order chi connectivity index (χ1) is 12.6. The topological polar surface area (TPSA) is 33.1 Å². The first kappa shape index (κ1) is 17.0. The summed E-state index contributed by atoms with van der Waals surface area (Å²) in [5.74, 6) is 3.34. The van der Waals surface area contributed by atoms with Gasteiger partial charge in [0.2, 0.25) is 0 Å². The molecule has 3 fully saturated rings. The van der Waals surface area contributed by atoms with E-state index < -0.39 is 0 Å². The minimum Gasteiger partial charge on any atom is -0.393 e. The molecule has 4 aliphatic carbocycles. The van der Waals surface area contributed by atoms with Crippen LogP contribution >= 0.6 is 0 Å². The second kappa shape index (κ2) is 6.19. The van der Waals surface area contributed by atoms with Gasteiger partial charge in [0.15, 0.2) is 0 Å². The van der Waals surface area contributed by atoms with Crippen molar-refractivity contribution in [3.8, 4) is 0 Å². The Morgan fingerprint density at radius 3 is 2.92 bits per heavy atom. The van der Waals surface area contributed by atoms with E-state index in [4.69, 9.17) is 0 Å². The molecular formula is C24H33NO. The molecule has 140 valence electrons. The molecule has 7 atom stereocenters. The number of hydrogen-bond acceptors (Lipinski definition) is 2. The Kier molecular flexibility index (Phi) is 4.04. The Morgan fingerprint density at radius 2 is 2.08 bits per heavy atom. The second-order valence-electron chi connectivity index (χ2n) is 10.0. The SMILES string of the molecule is C[C@]12CC[C@H](O)C[C@H]1CC[C@H]1[C@@H]3CC=C[C@@]3(Cc3cccnc3)CC[C@@H]12. The summed E-state index contributed by atoms with van der Waals surface area (Å²) in [6, 6.07) is 4.35. The van der Waals surface area contributed by atoms with E-state index in [1.807, 2.05) is 6.20 Å². The van der Waals surface area contributed by atoms with E-state index in [0.29, 0.717) is 10.8 Å². The van der Waals surface area contributed by atoms with Gasteiger partial charge in [-0.05, 0) is 104 Å². The third kappa shape index (κ3) is 2.52. The Labute approximate surface area is 158 Å². The van der Waals surface area contributed by atoms with Gasteiger partial charge in [-0.25, -0.2) is 0 Å². The van der Waals surface area contributed by atoms with E-state index >= 15 is 0 Å². The number of hydrogen-bond donors (Lipinski definition) is 1. The Balaban J connectivity index is 1.42. The summed E-state index contributed by atoms with van der Waals surface area (Å²) in [4.78, 5) is 4.37. The molecule has 0 aromatic carbocycles. The fourth-order valence-electron chi connectivity index (χ4n) is 7.71. The van der Waals surface area contributed by atoms with Crippen LogP contribution in [0.5, 0.6) is 0 Å². The minimum absolute atomic E-state index is 0.0361. The van der Waals surface area contributed by atoms with Crippen molar-refractivity contribution < 1.29 is 5.11 Å². The number of pyridine rings is 1. The number of fused-ring (bicyclic) bond motifs is 5. The molecule has 0 saturated heterocycles. The third-order valence-electron chi connectivity index (χ3n) is 8.99. The van der Waals surface area contributed by atoms with E-state index in [2.05, 4.69) is 42.4 Å². The van der Waals surface area contributed by atoms with Gasteiger partial charge < -0.3 is 5.11 Å². The van der Waals surface area contributed by atoms with E-state index in [1.54, 1.807) is 0 Å². The predicted molar refractivity (Wildman–Crippen MR) is 105 cm³/mol. The highest BCUT2D eigenvalue weighted by Gasteiger charge is 2.57. The van der Waals surface area contributed by atoms with Gasteiger partial charge in [0, 0.05) is 12.4 Å². The first-order valence-corrected chi connectivity index (χ1v) is 10.9. The zero-order valence-electron chi connectivity index (χ0n) is 16.1. The minimum atomic E-state index is -0.0361. The number of allylic oxidation sites excluding steroid dienone is 2. The van der Waals surface area contributed by atoms with E-state index in [9.17, 15) is 5.11 Å². The monoisotopic (exact) mass is 351 g/mol. The number of rotatable bonds is 2. The number of nitrogens with zero attached hydrogens (tertiary/aromatic N) is 1. The van der Waals surface area contributed by atoms with E-state index in [-0.39, 0.29) is 6.10 Å². The van der Waals surface area contributed by atoms with Crippen LogP contribution in [0.3, 0.4) is 0 Å². The van der Waals surface area contributed by atoms with Gasteiger partial charge in [-0.15, -0.1) is 0 Å². The lowest BCUT2D eigenvalue weighted by Crippen LogP contribution is -2.54. The Morgan fingerprint density at radius 1 is 1.15 bits per heavy atom. The molecule has 0 amide bonds. The normalized spacial score (nSPS) is 47.1. The van der Waals surface area contributed by atoms with Crippen LogP contribution in [-0.2, 0) is 6.42 Å². The predicted octanol–water partition coefficient (Wildman–Crippen LogP) is 5.17. The van der Waals surface area contributed by atoms with Crippen LogP contribution in [0.4, 0.5) is 0 Å². The van der Waals surface area contributed by atoms with Crippen molar-refractivity contribution in [2.45, 2.75) is 70.8 Å². The van der Waals surface area contributed by atoms with Crippen LogP contribution in [0.1, 0.15) is 63.9 Å². The molecule has 1 aromatic rings. The highest BCUT2D eigenvalue weighted by molar-refractivity contribution is 5.23. The Hall–Kier alpha value is -1.15. The maximum absolute atomic E-state index is 10.2. The quantitative estimate of drug-likeness (QED) is 0.745. The molecule has 1 heterocycles. The molecule has 1 N–H and O–H groups in total. The lowest BCUT2D eigenvalue weighted by molar-refractivity contribution is -0.119. The highest BCUT2D eigenvalue weighted by Crippen LogP contribution is 2.65. The lowest BCUT2D eigenvalue weighted by Gasteiger charge is -2.60. The van der Waals surface area contributed by atoms with Gasteiger partial charge in [0.1, 0.15) is 0 Å². The molecular weight excluding hydrogens is 318 g/mol. The standard InChI is InChI=1S/C24H33NO/c1-23-11-8-19(26)14-18(23)6-7-20-21(23)9-12-24(10-2-5-22(20)24)15-17-4-3-13-25-16-17/h2-4,10,13,16,18-22,26H,5-9,11-12,14-15H2,1H3/t18-,19+,20-,21+,22+,23+,24+/m1/s1. The molecule has 0 unspecified atom stereocenters. The number of aliphatic hydroxyl groups is 1. The first-order valence-electron chi connectivity index (χ1n) is 10.9. The van der Waals surface area contributed by atoms with Crippen molar-refractivity contribution >= 4 is 0 Å². The summed E-state index contributed by atoms with van der Waals surface area (Å²) >= 11 is 0. The second-order valence-corrected chi connectivity index (χ2v) is 10.0. The molecule has 4 aliphatic rings. The largest absolute Gasteiger partial charge is 0.393 e. The van der Waals surface area contributed by atoms with Crippen molar-refractivity contribution in [3.05, 3.63) is 42.2 Å². The van der Waals surface area contributed by atoms with Crippen LogP contribution in [0.15, 0.2) is 36.7 Å². The summed E-state index contributed by atoms with van der Waals surface area (Å²) in [5, 5.41) is 10.2. The van der Waals surface area contributed by atoms with Crippen LogP contribution in [0, 0.1) is 34.5 Å². The average Bonchev–Trinajstić information content (AvgIpc) is 3.07. The fraction of sp³-hybridized carbons (Fsp3) is 0.708. The van der Waals surface area contributed by atoms with Crippen LogP contribution < -0.4 is 0 Å². The molecule has 5 rings (SSSR count). The summed E-state index contributed by atoms with van der Waals surface area (Å²) in [6.07, 6.45) is 20.2. The summed E-state index contributed by atoms with van der Waals surface area (Å²) in [5.41, 5.74) is 2.26. The van der Waals surface area contributed by atoms with Gasteiger partial charge in [-0.3, -0.25) is 4.98 Å². The highest BCUT2D eigenvalue weighted by atomic mass is 16.3. The van der Waals surface area contributed by atoms with Crippen LogP contribution in [0.25, 0.3) is 0 Å². The summed E-state index contributed by atoms with van der Waals surface area (Å²) in [7, 11) is 0. The van der Waals surface area contributed by atoms with Crippen LogP contribution in [-0.4, -0.2) is 16.2 Å². The maximum Gasteiger partial charge on any atom is 0.0543 e. The molecule has 0 radical (unpaired) electrons. The van der Waals surface area contributed by atoms with Crippen molar-refractivity contribution in [1.82, 2.24) is 4.98 Å². The van der Waals surface area contributed by atoms with E-state index in [1.165, 1.54) is 50.5 Å². The molecule has 0 aliphatic heterocycles. The van der Waals surface area contributed by atoms with Gasteiger partial charge in [0.25, 0.3) is 0 Å². The molecule has 2 nitrogen and oxygen atoms in total. The zero-order chi connectivity index (χ0) is 17.8. The van der Waals surface area contributed by atoms with Gasteiger partial charge in [-0.1, -0.05) is 25.1 Å². The lowest BCUT2D eigenvalue weighted by atomic mass is 9.44. The van der Waals surface area contributed by atoms with Crippen molar-refractivity contribution in [2.24, 2.45) is 34.5 Å². The van der Waals surface area contributed by atoms with Crippen molar-refractivity contribution in [2.75, 3.05) is 0 Å². The van der Waals surface area contributed by atoms with Crippen LogP contribution in [0.2, 0.25) is 0 Å². The summed E-state index contributed by atoms with van der Waals surface area (Å²) in [6.45, 7) is 2.58.